The van der Waals surface area contributed by atoms with Crippen LogP contribution in [0, 0.1) is 5.92 Å². The highest BCUT2D eigenvalue weighted by atomic mass is 16.3. The molecule has 2 N–H and O–H groups in total. The molecule has 0 unspecified atom stereocenters. The average molecular weight is 389 g/mol. The number of fused-ring (bicyclic) bond motifs is 3. The van der Waals surface area contributed by atoms with Crippen LogP contribution >= 0.6 is 0 Å². The molecular formula is C24H27N3O2. The number of benzene rings is 2. The van der Waals surface area contributed by atoms with Crippen LogP contribution in [0.4, 0.5) is 0 Å². The van der Waals surface area contributed by atoms with Gasteiger partial charge in [-0.25, -0.2) is 4.98 Å². The van der Waals surface area contributed by atoms with Crippen LogP contribution in [0.5, 0.6) is 0 Å². The monoisotopic (exact) mass is 389 g/mol. The highest BCUT2D eigenvalue weighted by Gasteiger charge is 2.17. The van der Waals surface area contributed by atoms with Gasteiger partial charge in [0.05, 0.1) is 6.54 Å². The summed E-state index contributed by atoms with van der Waals surface area (Å²) < 4.78 is 5.68. The summed E-state index contributed by atoms with van der Waals surface area (Å²) in [5, 5.41) is 4.43. The molecule has 4 aromatic rings. The van der Waals surface area contributed by atoms with E-state index in [0.717, 1.165) is 5.39 Å². The van der Waals surface area contributed by atoms with Crippen molar-refractivity contribution in [2.45, 2.75) is 46.2 Å². The third-order valence-corrected chi connectivity index (χ3v) is 5.40. The summed E-state index contributed by atoms with van der Waals surface area (Å²) in [5.41, 5.74) is 3.89. The first-order valence-electron chi connectivity index (χ1n) is 10.2. The fraction of sp³-hybridized carbons (Fsp3) is 0.333. The van der Waals surface area contributed by atoms with Crippen molar-refractivity contribution in [2.24, 2.45) is 5.92 Å². The molecule has 0 aliphatic carbocycles. The zero-order valence-corrected chi connectivity index (χ0v) is 17.3. The Labute approximate surface area is 170 Å². The molecule has 0 aliphatic heterocycles. The number of aromatic amines is 1. The molecule has 4 rings (SSSR count). The molecule has 150 valence electrons. The second kappa shape index (κ2) is 7.84. The number of aromatic nitrogens is 2. The number of hydrogen-bond donors (Lipinski definition) is 2. The number of nitrogens with zero attached hydrogens (tertiary/aromatic N) is 1. The van der Waals surface area contributed by atoms with Gasteiger partial charge in [-0.3, -0.25) is 4.79 Å². The molecule has 5 heteroatoms. The first kappa shape index (κ1) is 19.4. The van der Waals surface area contributed by atoms with Crippen molar-refractivity contribution in [1.82, 2.24) is 15.3 Å². The normalized spacial score (nSPS) is 13.0. The molecule has 0 saturated heterocycles. The smallest absolute Gasteiger partial charge is 0.294 e. The van der Waals surface area contributed by atoms with Gasteiger partial charge in [0.15, 0.2) is 0 Å². The summed E-state index contributed by atoms with van der Waals surface area (Å²) >= 11 is 0. The van der Waals surface area contributed by atoms with Crippen LogP contribution in [0.25, 0.3) is 22.1 Å². The van der Waals surface area contributed by atoms with Crippen LogP contribution in [0.2, 0.25) is 0 Å². The fourth-order valence-electron chi connectivity index (χ4n) is 3.76. The van der Waals surface area contributed by atoms with Crippen molar-refractivity contribution in [3.63, 3.8) is 0 Å². The topological polar surface area (TPSA) is 70.9 Å². The van der Waals surface area contributed by atoms with Gasteiger partial charge in [0, 0.05) is 11.4 Å². The maximum absolute atomic E-state index is 12.5. The predicted octanol–water partition coefficient (Wildman–Crippen LogP) is 5.28. The number of H-pyrrole nitrogens is 1. The molecule has 0 amide bonds. The number of rotatable bonds is 6. The molecule has 1 atom stereocenters. The van der Waals surface area contributed by atoms with E-state index in [2.05, 4.69) is 67.2 Å². The summed E-state index contributed by atoms with van der Waals surface area (Å²) in [4.78, 5) is 20.0. The van der Waals surface area contributed by atoms with Gasteiger partial charge in [0.2, 0.25) is 5.58 Å². The van der Waals surface area contributed by atoms with E-state index in [4.69, 9.17) is 4.42 Å². The highest BCUT2D eigenvalue weighted by Crippen LogP contribution is 2.26. The van der Waals surface area contributed by atoms with Crippen molar-refractivity contribution < 1.29 is 4.42 Å². The lowest BCUT2D eigenvalue weighted by molar-refractivity contribution is 0.406. The first-order chi connectivity index (χ1) is 13.9. The number of furan rings is 1. The first-order valence-corrected chi connectivity index (χ1v) is 10.2. The molecular weight excluding hydrogens is 362 g/mol. The molecule has 5 nitrogen and oxygen atoms in total. The minimum absolute atomic E-state index is 0.165. The van der Waals surface area contributed by atoms with Crippen LogP contribution in [-0.2, 0) is 6.54 Å². The van der Waals surface area contributed by atoms with E-state index < -0.39 is 0 Å². The van der Waals surface area contributed by atoms with E-state index >= 15 is 0 Å². The summed E-state index contributed by atoms with van der Waals surface area (Å²) in [6, 6.07) is 16.5. The minimum atomic E-state index is -0.245. The molecule has 0 aliphatic rings. The molecule has 0 radical (unpaired) electrons. The van der Waals surface area contributed by atoms with E-state index in [1.807, 2.05) is 24.3 Å². The molecule has 2 aromatic heterocycles. The van der Waals surface area contributed by atoms with Crippen LogP contribution < -0.4 is 10.9 Å². The van der Waals surface area contributed by atoms with Gasteiger partial charge in [-0.05, 0) is 35.1 Å². The highest BCUT2D eigenvalue weighted by molar-refractivity contribution is 6.01. The molecule has 29 heavy (non-hydrogen) atoms. The van der Waals surface area contributed by atoms with Crippen molar-refractivity contribution in [2.75, 3.05) is 0 Å². The van der Waals surface area contributed by atoms with Gasteiger partial charge >= 0.3 is 0 Å². The Bertz CT molecular complexity index is 1190. The molecule has 0 saturated carbocycles. The largest absolute Gasteiger partial charge is 0.449 e. The van der Waals surface area contributed by atoms with Crippen molar-refractivity contribution >= 4 is 22.1 Å². The van der Waals surface area contributed by atoms with Crippen molar-refractivity contribution in [3.05, 3.63) is 75.8 Å². The number of nitrogens with one attached hydrogen (secondary N) is 2. The van der Waals surface area contributed by atoms with Gasteiger partial charge in [-0.1, -0.05) is 64.1 Å². The van der Waals surface area contributed by atoms with Gasteiger partial charge in [-0.15, -0.1) is 0 Å². The van der Waals surface area contributed by atoms with E-state index in [9.17, 15) is 4.79 Å². The lowest BCUT2D eigenvalue weighted by Gasteiger charge is -2.23. The Morgan fingerprint density at radius 3 is 2.38 bits per heavy atom. The number of hydrogen-bond acceptors (Lipinski definition) is 4. The predicted molar refractivity (Wildman–Crippen MR) is 117 cm³/mol. The van der Waals surface area contributed by atoms with Crippen LogP contribution in [0.3, 0.4) is 0 Å². The number of para-hydroxylation sites is 1. The Morgan fingerprint density at radius 2 is 1.69 bits per heavy atom. The summed E-state index contributed by atoms with van der Waals surface area (Å²) in [6.07, 6.45) is 0. The Kier molecular flexibility index (Phi) is 5.24. The van der Waals surface area contributed by atoms with Crippen LogP contribution in [-0.4, -0.2) is 9.97 Å². The Morgan fingerprint density at radius 1 is 1.00 bits per heavy atom. The Hall–Kier alpha value is -2.92. The third-order valence-electron chi connectivity index (χ3n) is 5.40. The van der Waals surface area contributed by atoms with Gasteiger partial charge in [-0.2, -0.15) is 0 Å². The second-order valence-corrected chi connectivity index (χ2v) is 8.21. The van der Waals surface area contributed by atoms with E-state index in [-0.39, 0.29) is 17.2 Å². The zero-order chi connectivity index (χ0) is 20.5. The van der Waals surface area contributed by atoms with E-state index in [1.54, 1.807) is 0 Å². The van der Waals surface area contributed by atoms with Gasteiger partial charge in [0.1, 0.15) is 16.9 Å². The fourth-order valence-corrected chi connectivity index (χ4v) is 3.76. The molecule has 2 aromatic carbocycles. The molecule has 0 spiro atoms. The summed E-state index contributed by atoms with van der Waals surface area (Å²) in [6.45, 7) is 9.25. The summed E-state index contributed by atoms with van der Waals surface area (Å²) in [7, 11) is 0. The maximum atomic E-state index is 12.5. The van der Waals surface area contributed by atoms with Crippen LogP contribution in [0.15, 0.2) is 57.7 Å². The SMILES string of the molecule is CC(C)c1ccc([C@@H](NCc2nc3c(oc4ccccc43)c(=O)[nH]2)C(C)C)cc1. The quantitative estimate of drug-likeness (QED) is 0.471. The molecule has 0 fully saturated rings. The lowest BCUT2D eigenvalue weighted by atomic mass is 9.93. The van der Waals surface area contributed by atoms with Crippen molar-refractivity contribution in [1.29, 1.82) is 0 Å². The van der Waals surface area contributed by atoms with E-state index in [0.29, 0.717) is 35.3 Å². The minimum Gasteiger partial charge on any atom is -0.449 e. The third kappa shape index (κ3) is 3.83. The molecule has 2 heterocycles. The average Bonchev–Trinajstić information content (AvgIpc) is 3.08. The van der Waals surface area contributed by atoms with Crippen LogP contribution in [0.1, 0.15) is 56.6 Å². The zero-order valence-electron chi connectivity index (χ0n) is 17.3. The van der Waals surface area contributed by atoms with Gasteiger partial charge in [0.25, 0.3) is 5.56 Å². The van der Waals surface area contributed by atoms with Gasteiger partial charge < -0.3 is 14.7 Å². The maximum Gasteiger partial charge on any atom is 0.294 e. The summed E-state index contributed by atoms with van der Waals surface area (Å²) in [5.74, 6) is 1.52. The Balaban J connectivity index is 1.61. The lowest BCUT2D eigenvalue weighted by Crippen LogP contribution is -2.27. The molecule has 0 bridgehead atoms. The second-order valence-electron chi connectivity index (χ2n) is 8.21. The standard InChI is InChI=1S/C24H27N3O2/c1-14(2)16-9-11-17(12-10-16)21(15(3)4)25-13-20-26-22-18-7-5-6-8-19(18)29-23(22)24(28)27-20/h5-12,14-15,21,25H,13H2,1-4H3,(H,26,27,28)/t21-/m0/s1. The van der Waals surface area contributed by atoms with Crippen molar-refractivity contribution in [3.8, 4) is 0 Å². The van der Waals surface area contributed by atoms with E-state index in [1.165, 1.54) is 11.1 Å².